The molecule has 3 aromatic carbocycles. The molecule has 3 aromatic rings. The van der Waals surface area contributed by atoms with Crippen LogP contribution in [0.1, 0.15) is 35.7 Å². The summed E-state index contributed by atoms with van der Waals surface area (Å²) in [5.41, 5.74) is 2.56. The van der Waals surface area contributed by atoms with Crippen LogP contribution in [0, 0.1) is 0 Å². The molecule has 0 bridgehead atoms. The molecule has 0 saturated heterocycles. The summed E-state index contributed by atoms with van der Waals surface area (Å²) in [6.07, 6.45) is 0. The van der Waals surface area contributed by atoms with Gasteiger partial charge in [0.1, 0.15) is 17.6 Å². The van der Waals surface area contributed by atoms with Crippen molar-refractivity contribution in [3.8, 4) is 5.75 Å². The summed E-state index contributed by atoms with van der Waals surface area (Å²) in [4.78, 5) is 5.16. The summed E-state index contributed by atoms with van der Waals surface area (Å²) >= 11 is 12.2. The minimum atomic E-state index is -3.64. The Morgan fingerprint density at radius 2 is 1.53 bits per heavy atom. The number of hydrogen-bond acceptors (Lipinski definition) is 5. The van der Waals surface area contributed by atoms with E-state index in [1.807, 2.05) is 55.5 Å². The summed E-state index contributed by atoms with van der Waals surface area (Å²) in [5, 5.41) is 4.78. The van der Waals surface area contributed by atoms with E-state index in [0.29, 0.717) is 33.8 Å². The van der Waals surface area contributed by atoms with Crippen LogP contribution in [0.5, 0.6) is 5.75 Å². The van der Waals surface area contributed by atoms with Gasteiger partial charge in [-0.2, -0.15) is 0 Å². The third-order valence-electron chi connectivity index (χ3n) is 5.60. The molecule has 2 atom stereocenters. The van der Waals surface area contributed by atoms with Crippen molar-refractivity contribution in [2.24, 2.45) is 4.99 Å². The fourth-order valence-corrected chi connectivity index (χ4v) is 5.01. The fraction of sp³-hybridized carbons (Fsp3) is 0.240. The van der Waals surface area contributed by atoms with Crippen LogP contribution >= 0.6 is 23.2 Å². The first-order valence-corrected chi connectivity index (χ1v) is 13.0. The highest BCUT2D eigenvalue weighted by Gasteiger charge is 2.33. The van der Waals surface area contributed by atoms with Crippen LogP contribution in [0.4, 0.5) is 0 Å². The second kappa shape index (κ2) is 9.96. The number of nitrogens with zero attached hydrogens (tertiary/aromatic N) is 2. The van der Waals surface area contributed by atoms with E-state index in [2.05, 4.69) is 5.32 Å². The Bertz CT molecular complexity index is 1310. The van der Waals surface area contributed by atoms with E-state index in [1.54, 1.807) is 18.2 Å². The summed E-state index contributed by atoms with van der Waals surface area (Å²) < 4.78 is 32.6. The third kappa shape index (κ3) is 4.93. The summed E-state index contributed by atoms with van der Waals surface area (Å²) in [5.74, 6) is 1.11. The first kappa shape index (κ1) is 24.5. The number of amidine groups is 1. The van der Waals surface area contributed by atoms with Crippen LogP contribution in [-0.4, -0.2) is 39.3 Å². The van der Waals surface area contributed by atoms with Crippen molar-refractivity contribution >= 4 is 39.1 Å². The predicted molar refractivity (Wildman–Crippen MR) is 137 cm³/mol. The maximum Gasteiger partial charge on any atom is 0.242 e. The van der Waals surface area contributed by atoms with Gasteiger partial charge in [-0.15, -0.1) is 0 Å². The smallest absolute Gasteiger partial charge is 0.242 e. The molecule has 0 aliphatic carbocycles. The van der Waals surface area contributed by atoms with Gasteiger partial charge in [0.25, 0.3) is 0 Å². The molecule has 1 heterocycles. The number of hydrogen-bond donors (Lipinski definition) is 1. The van der Waals surface area contributed by atoms with Crippen LogP contribution in [0.15, 0.2) is 76.6 Å². The van der Waals surface area contributed by atoms with E-state index in [9.17, 15) is 8.42 Å². The molecule has 2 unspecified atom stereocenters. The molecule has 1 N–H and O–H groups in total. The Balaban J connectivity index is 1.83. The van der Waals surface area contributed by atoms with Gasteiger partial charge in [-0.25, -0.2) is 12.7 Å². The topological polar surface area (TPSA) is 71.0 Å². The van der Waals surface area contributed by atoms with Gasteiger partial charge in [0, 0.05) is 24.1 Å². The van der Waals surface area contributed by atoms with Crippen molar-refractivity contribution in [2.45, 2.75) is 23.9 Å². The Morgan fingerprint density at radius 1 is 0.941 bits per heavy atom. The second-order valence-corrected chi connectivity index (χ2v) is 11.1. The Hall–Kier alpha value is -2.58. The predicted octanol–water partition coefficient (Wildman–Crippen LogP) is 5.47. The number of sulfonamides is 1. The number of benzene rings is 3. The number of rotatable bonds is 7. The SMILES string of the molecule is CCOc1ccc(S(=O)(=O)N(C)C)cc1C1=NC(c2ccc(Cl)cc2)C(c2ccc(Cl)cc2)N1. The molecule has 9 heteroatoms. The van der Waals surface area contributed by atoms with E-state index >= 15 is 0 Å². The third-order valence-corrected chi connectivity index (χ3v) is 7.92. The number of ether oxygens (including phenoxy) is 1. The van der Waals surface area contributed by atoms with Crippen LogP contribution in [0.25, 0.3) is 0 Å². The van der Waals surface area contributed by atoms with Gasteiger partial charge in [0.15, 0.2) is 0 Å². The molecule has 178 valence electrons. The van der Waals surface area contributed by atoms with Crippen molar-refractivity contribution in [3.05, 3.63) is 93.5 Å². The Kier molecular flexibility index (Phi) is 7.19. The van der Waals surface area contributed by atoms with Crippen molar-refractivity contribution in [3.63, 3.8) is 0 Å². The number of aliphatic imine (C=N–C) groups is 1. The quantitative estimate of drug-likeness (QED) is 0.450. The molecule has 6 nitrogen and oxygen atoms in total. The second-order valence-electron chi connectivity index (χ2n) is 8.03. The standard InChI is InChI=1S/C25H25Cl2N3O3S/c1-4-33-22-14-13-20(34(31,32)30(2)3)15-21(22)25-28-23(16-5-9-18(26)10-6-16)24(29-25)17-7-11-19(27)12-8-17/h5-15,23-24H,4H2,1-3H3,(H,28,29). The zero-order valence-corrected chi connectivity index (χ0v) is 21.3. The normalized spacial score (nSPS) is 18.0. The van der Waals surface area contributed by atoms with Crippen molar-refractivity contribution in [1.82, 2.24) is 9.62 Å². The van der Waals surface area contributed by atoms with E-state index in [0.717, 1.165) is 11.1 Å². The first-order valence-electron chi connectivity index (χ1n) is 10.8. The lowest BCUT2D eigenvalue weighted by molar-refractivity contribution is 0.339. The van der Waals surface area contributed by atoms with Gasteiger partial charge in [-0.1, -0.05) is 47.5 Å². The average molecular weight is 518 g/mol. The van der Waals surface area contributed by atoms with Crippen LogP contribution in [0.2, 0.25) is 10.0 Å². The molecule has 0 radical (unpaired) electrons. The lowest BCUT2D eigenvalue weighted by Gasteiger charge is -2.20. The summed E-state index contributed by atoms with van der Waals surface area (Å²) in [7, 11) is -0.628. The van der Waals surface area contributed by atoms with E-state index < -0.39 is 10.0 Å². The van der Waals surface area contributed by atoms with Gasteiger partial charge >= 0.3 is 0 Å². The molecule has 0 fully saturated rings. The first-order chi connectivity index (χ1) is 16.2. The molecular weight excluding hydrogens is 493 g/mol. The van der Waals surface area contributed by atoms with E-state index in [1.165, 1.54) is 18.4 Å². The fourth-order valence-electron chi connectivity index (χ4n) is 3.83. The largest absolute Gasteiger partial charge is 0.493 e. The van der Waals surface area contributed by atoms with Gasteiger partial charge in [0.2, 0.25) is 10.0 Å². The average Bonchev–Trinajstić information content (AvgIpc) is 3.25. The van der Waals surface area contributed by atoms with Crippen molar-refractivity contribution in [1.29, 1.82) is 0 Å². The lowest BCUT2D eigenvalue weighted by atomic mass is 9.95. The van der Waals surface area contributed by atoms with Gasteiger partial charge in [-0.3, -0.25) is 4.99 Å². The van der Waals surface area contributed by atoms with Crippen LogP contribution in [-0.2, 0) is 10.0 Å². The highest BCUT2D eigenvalue weighted by atomic mass is 35.5. The highest BCUT2D eigenvalue weighted by Crippen LogP contribution is 2.39. The number of nitrogens with one attached hydrogen (secondary N) is 1. The Labute approximate surface area is 210 Å². The van der Waals surface area contributed by atoms with E-state index in [4.69, 9.17) is 32.9 Å². The monoisotopic (exact) mass is 517 g/mol. The zero-order chi connectivity index (χ0) is 24.5. The van der Waals surface area contributed by atoms with Crippen LogP contribution < -0.4 is 10.1 Å². The minimum absolute atomic E-state index is 0.165. The zero-order valence-electron chi connectivity index (χ0n) is 19.0. The maximum atomic E-state index is 12.8. The minimum Gasteiger partial charge on any atom is -0.493 e. The lowest BCUT2D eigenvalue weighted by Crippen LogP contribution is -2.26. The molecule has 0 saturated carbocycles. The molecule has 1 aliphatic heterocycles. The molecule has 0 amide bonds. The van der Waals surface area contributed by atoms with Gasteiger partial charge in [0.05, 0.1) is 23.1 Å². The Morgan fingerprint density at radius 3 is 2.09 bits per heavy atom. The molecule has 1 aliphatic rings. The molecular formula is C25H25Cl2N3O3S. The molecule has 0 spiro atoms. The van der Waals surface area contributed by atoms with Crippen molar-refractivity contribution < 1.29 is 13.2 Å². The molecule has 0 aromatic heterocycles. The molecule has 34 heavy (non-hydrogen) atoms. The van der Waals surface area contributed by atoms with Crippen LogP contribution in [0.3, 0.4) is 0 Å². The van der Waals surface area contributed by atoms with Gasteiger partial charge < -0.3 is 10.1 Å². The highest BCUT2D eigenvalue weighted by molar-refractivity contribution is 7.89. The van der Waals surface area contributed by atoms with E-state index in [-0.39, 0.29) is 17.0 Å². The van der Waals surface area contributed by atoms with Crippen molar-refractivity contribution in [2.75, 3.05) is 20.7 Å². The summed E-state index contributed by atoms with van der Waals surface area (Å²) in [6, 6.07) is 19.5. The molecule has 4 rings (SSSR count). The van der Waals surface area contributed by atoms with Gasteiger partial charge in [-0.05, 0) is 60.5 Å². The summed E-state index contributed by atoms with van der Waals surface area (Å²) in [6.45, 7) is 2.31. The number of halogens is 2. The maximum absolute atomic E-state index is 12.8.